The van der Waals surface area contributed by atoms with Crippen LogP contribution in [0.2, 0.25) is 0 Å². The van der Waals surface area contributed by atoms with Crippen molar-refractivity contribution >= 4 is 66.5 Å². The van der Waals surface area contributed by atoms with Gasteiger partial charge in [0.1, 0.15) is 9.75 Å². The fraction of sp³-hybridized carbons (Fsp3) is 0.167. The largest absolute Gasteiger partial charge is 0.477 e. The van der Waals surface area contributed by atoms with Crippen LogP contribution in [-0.2, 0) is 0 Å². The number of hydrogen-bond donors (Lipinski definition) is 2. The highest BCUT2D eigenvalue weighted by molar-refractivity contribution is 9.11. The number of carboxylic acid groups (broad SMARTS) is 2. The molecule has 106 valence electrons. The molecule has 2 rings (SSSR count). The van der Waals surface area contributed by atoms with Gasteiger partial charge in [-0.1, -0.05) is 0 Å². The molecule has 0 unspecified atom stereocenters. The minimum atomic E-state index is -1.06. The van der Waals surface area contributed by atoms with E-state index >= 15 is 0 Å². The minimum Gasteiger partial charge on any atom is -0.477 e. The summed E-state index contributed by atoms with van der Waals surface area (Å²) >= 11 is 8.84. The van der Waals surface area contributed by atoms with E-state index in [1.54, 1.807) is 13.8 Å². The second kappa shape index (κ2) is 5.59. The molecular weight excluding hydrogens is 432 g/mol. The lowest BCUT2D eigenvalue weighted by atomic mass is 9.99. The summed E-state index contributed by atoms with van der Waals surface area (Å²) in [5.41, 5.74) is 2.43. The van der Waals surface area contributed by atoms with Crippen molar-refractivity contribution in [2.45, 2.75) is 13.8 Å². The molecule has 4 nitrogen and oxygen atoms in total. The van der Waals surface area contributed by atoms with Gasteiger partial charge in [0, 0.05) is 11.1 Å². The zero-order chi connectivity index (χ0) is 15.2. The Morgan fingerprint density at radius 3 is 1.40 bits per heavy atom. The molecule has 0 amide bonds. The molecule has 2 N–H and O–H groups in total. The highest BCUT2D eigenvalue weighted by Crippen LogP contribution is 2.46. The molecule has 0 radical (unpaired) electrons. The number of halogens is 2. The molecule has 2 aromatic rings. The second-order valence-electron chi connectivity index (χ2n) is 4.02. The molecule has 0 aliphatic carbocycles. The first-order valence-corrected chi connectivity index (χ1v) is 8.52. The summed E-state index contributed by atoms with van der Waals surface area (Å²) in [5, 5.41) is 18.7. The van der Waals surface area contributed by atoms with Gasteiger partial charge >= 0.3 is 11.9 Å². The van der Waals surface area contributed by atoms with Crippen molar-refractivity contribution in [1.29, 1.82) is 0 Å². The van der Waals surface area contributed by atoms with Crippen molar-refractivity contribution in [3.05, 3.63) is 28.5 Å². The number of thiophene rings is 2. The van der Waals surface area contributed by atoms with Crippen LogP contribution in [0.3, 0.4) is 0 Å². The Labute approximate surface area is 139 Å². The van der Waals surface area contributed by atoms with Crippen molar-refractivity contribution in [2.75, 3.05) is 0 Å². The third kappa shape index (κ3) is 2.45. The molecule has 0 aliphatic rings. The Kier molecular flexibility index (Phi) is 4.38. The van der Waals surface area contributed by atoms with Gasteiger partial charge in [-0.25, -0.2) is 9.59 Å². The molecule has 2 heterocycles. The van der Waals surface area contributed by atoms with E-state index in [0.29, 0.717) is 18.7 Å². The number of carboxylic acids is 2. The molecule has 8 heteroatoms. The van der Waals surface area contributed by atoms with Gasteiger partial charge in [-0.3, -0.25) is 0 Å². The third-order valence-corrected chi connectivity index (χ3v) is 7.11. The van der Waals surface area contributed by atoms with Gasteiger partial charge < -0.3 is 10.2 Å². The second-order valence-corrected chi connectivity index (χ2v) is 8.70. The van der Waals surface area contributed by atoms with Crippen molar-refractivity contribution in [2.24, 2.45) is 0 Å². The topological polar surface area (TPSA) is 74.6 Å². The van der Waals surface area contributed by atoms with Crippen molar-refractivity contribution in [3.63, 3.8) is 0 Å². The number of rotatable bonds is 3. The van der Waals surface area contributed by atoms with Gasteiger partial charge in [0.2, 0.25) is 0 Å². The van der Waals surface area contributed by atoms with E-state index in [-0.39, 0.29) is 9.75 Å². The quantitative estimate of drug-likeness (QED) is 0.704. The van der Waals surface area contributed by atoms with E-state index in [4.69, 9.17) is 0 Å². The monoisotopic (exact) mass is 438 g/mol. The lowest BCUT2D eigenvalue weighted by Gasteiger charge is -2.05. The van der Waals surface area contributed by atoms with E-state index in [1.165, 1.54) is 0 Å². The first-order valence-electron chi connectivity index (χ1n) is 5.30. The first kappa shape index (κ1) is 15.7. The van der Waals surface area contributed by atoms with E-state index in [1.807, 2.05) is 0 Å². The van der Waals surface area contributed by atoms with Crippen LogP contribution in [0.1, 0.15) is 30.5 Å². The lowest BCUT2D eigenvalue weighted by Crippen LogP contribution is -2.00. The van der Waals surface area contributed by atoms with Crippen LogP contribution >= 0.6 is 54.5 Å². The minimum absolute atomic E-state index is 0.144. The van der Waals surface area contributed by atoms with Crippen LogP contribution in [0, 0.1) is 13.8 Å². The van der Waals surface area contributed by atoms with Crippen LogP contribution in [-0.4, -0.2) is 22.2 Å². The molecule has 0 bridgehead atoms. The number of aromatic carboxylic acids is 2. The van der Waals surface area contributed by atoms with E-state index in [2.05, 4.69) is 31.9 Å². The summed E-state index contributed by atoms with van der Waals surface area (Å²) in [7, 11) is 0. The Bertz CT molecular complexity index is 668. The maximum atomic E-state index is 11.4. The van der Waals surface area contributed by atoms with Crippen molar-refractivity contribution in [3.8, 4) is 11.1 Å². The highest BCUT2D eigenvalue weighted by atomic mass is 79.9. The summed E-state index contributed by atoms with van der Waals surface area (Å²) in [6.07, 6.45) is 0. The molecule has 0 atom stereocenters. The SMILES string of the molecule is Cc1c(Br)sc(C(=O)O)c1-c1c(C(=O)O)sc(Br)c1C. The number of hydrogen-bond acceptors (Lipinski definition) is 4. The van der Waals surface area contributed by atoms with Gasteiger partial charge in [0.05, 0.1) is 7.57 Å². The van der Waals surface area contributed by atoms with Gasteiger partial charge in [0.25, 0.3) is 0 Å². The summed E-state index contributed by atoms with van der Waals surface area (Å²) < 4.78 is 1.39. The average Bonchev–Trinajstić information content (AvgIpc) is 2.80. The third-order valence-electron chi connectivity index (χ3n) is 2.82. The van der Waals surface area contributed by atoms with Crippen LogP contribution in [0.25, 0.3) is 11.1 Å². The van der Waals surface area contributed by atoms with Crippen molar-refractivity contribution in [1.82, 2.24) is 0 Å². The maximum absolute atomic E-state index is 11.4. The molecule has 0 aromatic carbocycles. The Hall–Kier alpha value is -0.700. The number of carbonyl (C=O) groups is 2. The van der Waals surface area contributed by atoms with Crippen molar-refractivity contribution < 1.29 is 19.8 Å². The smallest absolute Gasteiger partial charge is 0.346 e. The fourth-order valence-corrected chi connectivity index (χ4v) is 5.00. The Balaban J connectivity index is 2.88. The van der Waals surface area contributed by atoms with E-state index < -0.39 is 11.9 Å². The molecule has 0 aliphatic heterocycles. The summed E-state index contributed by atoms with van der Waals surface area (Å²) in [6.45, 7) is 3.55. The van der Waals surface area contributed by atoms with Crippen LogP contribution in [0.15, 0.2) is 7.57 Å². The molecule has 0 saturated carbocycles. The predicted molar refractivity (Wildman–Crippen MR) is 86.4 cm³/mol. The van der Waals surface area contributed by atoms with E-state index in [9.17, 15) is 19.8 Å². The fourth-order valence-electron chi connectivity index (χ4n) is 1.87. The molecular formula is C12H8Br2O4S2. The normalized spacial score (nSPS) is 10.8. The molecule has 0 saturated heterocycles. The first-order chi connectivity index (χ1) is 9.25. The summed E-state index contributed by atoms with van der Waals surface area (Å²) in [5.74, 6) is -2.12. The highest BCUT2D eigenvalue weighted by Gasteiger charge is 2.28. The zero-order valence-corrected chi connectivity index (χ0v) is 15.1. The Morgan fingerprint density at radius 1 is 0.850 bits per heavy atom. The Morgan fingerprint density at radius 2 is 1.15 bits per heavy atom. The molecule has 2 aromatic heterocycles. The van der Waals surface area contributed by atoms with Crippen LogP contribution in [0.5, 0.6) is 0 Å². The van der Waals surface area contributed by atoms with Crippen LogP contribution in [0.4, 0.5) is 0 Å². The maximum Gasteiger partial charge on any atom is 0.346 e. The summed E-state index contributed by atoms with van der Waals surface area (Å²) in [4.78, 5) is 23.1. The standard InChI is InChI=1S/C12H8Br2O4S2/c1-3-5(7(11(15)16)19-9(3)13)6-4(2)10(14)20-8(6)12(17)18/h1-2H3,(H,15,16)(H,17,18). The van der Waals surface area contributed by atoms with Gasteiger partial charge in [0.15, 0.2) is 0 Å². The van der Waals surface area contributed by atoms with Crippen LogP contribution < -0.4 is 0 Å². The average molecular weight is 440 g/mol. The van der Waals surface area contributed by atoms with Gasteiger partial charge in [-0.15, -0.1) is 22.7 Å². The van der Waals surface area contributed by atoms with Gasteiger partial charge in [-0.2, -0.15) is 0 Å². The predicted octanol–water partition coefficient (Wildman–Crippen LogP) is 5.01. The molecule has 0 fully saturated rings. The summed E-state index contributed by atoms with van der Waals surface area (Å²) in [6, 6.07) is 0. The lowest BCUT2D eigenvalue weighted by molar-refractivity contribution is 0.0689. The zero-order valence-electron chi connectivity index (χ0n) is 10.3. The molecule has 20 heavy (non-hydrogen) atoms. The van der Waals surface area contributed by atoms with E-state index in [0.717, 1.165) is 33.8 Å². The van der Waals surface area contributed by atoms with Gasteiger partial charge in [-0.05, 0) is 56.8 Å². The molecule has 0 spiro atoms.